The zero-order chi connectivity index (χ0) is 22.2. The lowest BCUT2D eigenvalue weighted by Crippen LogP contribution is -2.48. The Hall–Kier alpha value is -1.90. The van der Waals surface area contributed by atoms with Crippen LogP contribution in [0.15, 0.2) is 51.8 Å². The molecule has 1 saturated heterocycles. The van der Waals surface area contributed by atoms with Crippen molar-refractivity contribution < 1.29 is 17.9 Å². The summed E-state index contributed by atoms with van der Waals surface area (Å²) in [5.74, 6) is 0.310. The summed E-state index contributed by atoms with van der Waals surface area (Å²) < 4.78 is 34.3. The molecule has 0 N–H and O–H groups in total. The Balaban J connectivity index is 1.53. The fraction of sp³-hybridized carbons (Fsp3) is 0.435. The van der Waals surface area contributed by atoms with Crippen molar-refractivity contribution in [2.24, 2.45) is 5.92 Å². The Morgan fingerprint density at radius 1 is 1.19 bits per heavy atom. The van der Waals surface area contributed by atoms with Crippen LogP contribution in [0.25, 0.3) is 0 Å². The van der Waals surface area contributed by atoms with Gasteiger partial charge in [0, 0.05) is 29.3 Å². The van der Waals surface area contributed by atoms with E-state index in [1.165, 1.54) is 4.31 Å². The van der Waals surface area contributed by atoms with E-state index in [9.17, 15) is 13.2 Å². The first-order valence-corrected chi connectivity index (χ1v) is 12.9. The van der Waals surface area contributed by atoms with Gasteiger partial charge in [-0.2, -0.15) is 4.31 Å². The van der Waals surface area contributed by atoms with Gasteiger partial charge in [0.2, 0.25) is 15.9 Å². The predicted molar refractivity (Wildman–Crippen MR) is 124 cm³/mol. The topological polar surface area (TPSA) is 66.9 Å². The molecule has 2 atom stereocenters. The number of hydrogen-bond acceptors (Lipinski definition) is 4. The molecule has 8 heteroatoms. The van der Waals surface area contributed by atoms with Gasteiger partial charge in [-0.05, 0) is 81.1 Å². The molecule has 0 radical (unpaired) electrons. The number of benzene rings is 2. The van der Waals surface area contributed by atoms with E-state index in [1.54, 1.807) is 24.3 Å². The number of fused-ring (bicyclic) bond motifs is 1. The van der Waals surface area contributed by atoms with Crippen LogP contribution in [-0.4, -0.2) is 44.4 Å². The van der Waals surface area contributed by atoms with Crippen molar-refractivity contribution in [2.75, 3.05) is 24.6 Å². The zero-order valence-electron chi connectivity index (χ0n) is 17.8. The first-order valence-electron chi connectivity index (χ1n) is 10.7. The highest BCUT2D eigenvalue weighted by Gasteiger charge is 2.39. The second-order valence-corrected chi connectivity index (χ2v) is 11.0. The van der Waals surface area contributed by atoms with E-state index in [-0.39, 0.29) is 29.3 Å². The van der Waals surface area contributed by atoms with Gasteiger partial charge in [-0.3, -0.25) is 4.79 Å². The summed E-state index contributed by atoms with van der Waals surface area (Å²) in [7, 11) is -3.66. The second kappa shape index (κ2) is 8.92. The summed E-state index contributed by atoms with van der Waals surface area (Å²) >= 11 is 3.50. The summed E-state index contributed by atoms with van der Waals surface area (Å²) in [6.07, 6.45) is 2.17. The number of sulfonamides is 1. The molecule has 0 aromatic heterocycles. The van der Waals surface area contributed by atoms with Gasteiger partial charge in [0.15, 0.2) is 0 Å². The van der Waals surface area contributed by atoms with Crippen LogP contribution in [0.4, 0.5) is 5.69 Å². The van der Waals surface area contributed by atoms with Gasteiger partial charge in [0.05, 0.1) is 17.4 Å². The Morgan fingerprint density at radius 3 is 2.65 bits per heavy atom. The standard InChI is InChI=1S/C23H27BrN2O4S/c1-3-30-20-7-9-21(10-8-20)31(28,29)25-12-4-5-17(15-25)23(27)26-16(2)13-18-14-19(24)6-11-22(18)26/h6-11,14,16-17H,3-5,12-13,15H2,1-2H3/t16-,17+/m0/s1. The Bertz CT molecular complexity index is 1070. The van der Waals surface area contributed by atoms with E-state index in [2.05, 4.69) is 22.0 Å². The van der Waals surface area contributed by atoms with Crippen molar-refractivity contribution in [1.82, 2.24) is 4.31 Å². The van der Waals surface area contributed by atoms with E-state index in [0.717, 1.165) is 22.1 Å². The summed E-state index contributed by atoms with van der Waals surface area (Å²) in [6.45, 7) is 5.09. The average molecular weight is 507 g/mol. The quantitative estimate of drug-likeness (QED) is 0.608. The maximum absolute atomic E-state index is 13.5. The lowest BCUT2D eigenvalue weighted by molar-refractivity contribution is -0.123. The summed E-state index contributed by atoms with van der Waals surface area (Å²) in [5.41, 5.74) is 2.08. The highest BCUT2D eigenvalue weighted by molar-refractivity contribution is 9.10. The predicted octanol–water partition coefficient (Wildman–Crippen LogP) is 4.23. The van der Waals surface area contributed by atoms with Gasteiger partial charge in [-0.1, -0.05) is 15.9 Å². The Morgan fingerprint density at radius 2 is 1.94 bits per heavy atom. The molecule has 2 heterocycles. The molecule has 1 amide bonds. The molecular formula is C23H27BrN2O4S. The molecule has 1 fully saturated rings. The van der Waals surface area contributed by atoms with Gasteiger partial charge in [0.25, 0.3) is 0 Å². The molecule has 0 aliphatic carbocycles. The van der Waals surface area contributed by atoms with Crippen molar-refractivity contribution >= 4 is 37.5 Å². The number of hydrogen-bond donors (Lipinski definition) is 0. The number of piperidine rings is 1. The molecular weight excluding hydrogens is 480 g/mol. The lowest BCUT2D eigenvalue weighted by Gasteiger charge is -2.34. The molecule has 0 spiro atoms. The van der Waals surface area contributed by atoms with Crippen LogP contribution in [0.3, 0.4) is 0 Å². The van der Waals surface area contributed by atoms with Crippen LogP contribution >= 0.6 is 15.9 Å². The Kier molecular flexibility index (Phi) is 6.42. The number of amides is 1. The summed E-state index contributed by atoms with van der Waals surface area (Å²) in [6, 6.07) is 12.5. The first kappa shape index (κ1) is 22.3. The number of anilines is 1. The fourth-order valence-electron chi connectivity index (χ4n) is 4.52. The molecule has 0 unspecified atom stereocenters. The average Bonchev–Trinajstić information content (AvgIpc) is 3.08. The third-order valence-electron chi connectivity index (χ3n) is 6.00. The van der Waals surface area contributed by atoms with Crippen LogP contribution in [-0.2, 0) is 21.2 Å². The van der Waals surface area contributed by atoms with Gasteiger partial charge in [-0.15, -0.1) is 0 Å². The minimum absolute atomic E-state index is 0.0140. The normalized spacial score (nSPS) is 21.7. The largest absolute Gasteiger partial charge is 0.494 e. The monoisotopic (exact) mass is 506 g/mol. The molecule has 0 saturated carbocycles. The van der Waals surface area contributed by atoms with Crippen molar-refractivity contribution in [1.29, 1.82) is 0 Å². The maximum Gasteiger partial charge on any atom is 0.243 e. The fourth-order valence-corrected chi connectivity index (χ4v) is 6.45. The molecule has 0 bridgehead atoms. The number of halogens is 1. The minimum Gasteiger partial charge on any atom is -0.494 e. The molecule has 4 rings (SSSR count). The number of ether oxygens (including phenoxy) is 1. The van der Waals surface area contributed by atoms with Gasteiger partial charge in [0.1, 0.15) is 5.75 Å². The van der Waals surface area contributed by atoms with Crippen molar-refractivity contribution in [3.63, 3.8) is 0 Å². The van der Waals surface area contributed by atoms with Crippen LogP contribution < -0.4 is 9.64 Å². The van der Waals surface area contributed by atoms with E-state index in [4.69, 9.17) is 4.74 Å². The smallest absolute Gasteiger partial charge is 0.243 e. The van der Waals surface area contributed by atoms with Crippen LogP contribution in [0.2, 0.25) is 0 Å². The zero-order valence-corrected chi connectivity index (χ0v) is 20.2. The molecule has 2 aliphatic rings. The van der Waals surface area contributed by atoms with E-state index in [1.807, 2.05) is 30.9 Å². The highest BCUT2D eigenvalue weighted by Crippen LogP contribution is 2.36. The molecule has 2 aromatic carbocycles. The highest BCUT2D eigenvalue weighted by atomic mass is 79.9. The van der Waals surface area contributed by atoms with Gasteiger partial charge < -0.3 is 9.64 Å². The molecule has 166 valence electrons. The maximum atomic E-state index is 13.5. The number of carbonyl (C=O) groups is 1. The molecule has 31 heavy (non-hydrogen) atoms. The van der Waals surface area contributed by atoms with Crippen molar-refractivity contribution in [3.05, 3.63) is 52.5 Å². The SMILES string of the molecule is CCOc1ccc(S(=O)(=O)N2CCC[C@@H](C(=O)N3c4ccc(Br)cc4C[C@@H]3C)C2)cc1. The first-order chi connectivity index (χ1) is 14.8. The summed E-state index contributed by atoms with van der Waals surface area (Å²) in [4.78, 5) is 15.6. The van der Waals surface area contributed by atoms with Crippen LogP contribution in [0, 0.1) is 5.92 Å². The molecule has 2 aliphatic heterocycles. The second-order valence-electron chi connectivity index (χ2n) is 8.14. The number of nitrogens with zero attached hydrogens (tertiary/aromatic N) is 2. The third-order valence-corrected chi connectivity index (χ3v) is 8.37. The van der Waals surface area contributed by atoms with Gasteiger partial charge in [-0.25, -0.2) is 8.42 Å². The van der Waals surface area contributed by atoms with Crippen molar-refractivity contribution in [3.8, 4) is 5.75 Å². The van der Waals surface area contributed by atoms with Gasteiger partial charge >= 0.3 is 0 Å². The summed E-state index contributed by atoms with van der Waals surface area (Å²) in [5, 5.41) is 0. The van der Waals surface area contributed by atoms with E-state index >= 15 is 0 Å². The molecule has 2 aromatic rings. The number of rotatable bonds is 5. The Labute approximate surface area is 192 Å². The third kappa shape index (κ3) is 4.38. The van der Waals surface area contributed by atoms with Crippen molar-refractivity contribution in [2.45, 2.75) is 44.0 Å². The lowest BCUT2D eigenvalue weighted by atomic mass is 9.97. The molecule has 6 nitrogen and oxygen atoms in total. The van der Waals surface area contributed by atoms with Crippen LogP contribution in [0.1, 0.15) is 32.3 Å². The minimum atomic E-state index is -3.66. The van der Waals surface area contributed by atoms with E-state index < -0.39 is 10.0 Å². The van der Waals surface area contributed by atoms with Crippen LogP contribution in [0.5, 0.6) is 5.75 Å². The van der Waals surface area contributed by atoms with E-state index in [0.29, 0.717) is 31.7 Å². The number of carbonyl (C=O) groups excluding carboxylic acids is 1.